The van der Waals surface area contributed by atoms with Gasteiger partial charge in [-0.05, 0) is 48.8 Å². The fraction of sp³-hybridized carbons (Fsp3) is 0.357. The summed E-state index contributed by atoms with van der Waals surface area (Å²) in [4.78, 5) is 13.9. The number of hydrogen-bond donors (Lipinski definition) is 0. The van der Waals surface area contributed by atoms with E-state index in [0.717, 1.165) is 63.3 Å². The van der Waals surface area contributed by atoms with Gasteiger partial charge in [0, 0.05) is 31.7 Å². The molecule has 4 heterocycles. The van der Waals surface area contributed by atoms with Crippen LogP contribution in [-0.2, 0) is 32.9 Å². The molecule has 6 heteroatoms. The van der Waals surface area contributed by atoms with Crippen LogP contribution in [0.15, 0.2) is 83.7 Å². The van der Waals surface area contributed by atoms with E-state index in [0.29, 0.717) is 5.92 Å². The minimum atomic E-state index is -1.86. The SMILES string of the molecule is CC(C)Cc1cc(-c2[c-]cccc2)nc[c]1[Ge]([CH3])([CH3])[CH3].Cc1cccc2oc3c(-c4cc(CC5CCCCC5)ccn4)[c-]cnc3c12.[Ir]. The predicted octanol–water partition coefficient (Wildman–Crippen LogP) is 10.6. The zero-order chi connectivity index (χ0) is 33.0. The Hall–Kier alpha value is -3.12. The van der Waals surface area contributed by atoms with Crippen LogP contribution in [0.3, 0.4) is 0 Å². The van der Waals surface area contributed by atoms with Crippen LogP contribution in [0.2, 0.25) is 17.3 Å². The van der Waals surface area contributed by atoms with Crippen LogP contribution in [0.25, 0.3) is 44.6 Å². The molecule has 6 aromatic rings. The second-order valence-electron chi connectivity index (χ2n) is 14.6. The topological polar surface area (TPSA) is 51.8 Å². The number of aryl methyl sites for hydroxylation is 1. The van der Waals surface area contributed by atoms with Crippen LogP contribution in [-0.4, -0.2) is 28.2 Å². The van der Waals surface area contributed by atoms with Gasteiger partial charge in [-0.25, -0.2) is 0 Å². The molecule has 0 amide bonds. The van der Waals surface area contributed by atoms with Crippen molar-refractivity contribution in [1.82, 2.24) is 15.0 Å². The summed E-state index contributed by atoms with van der Waals surface area (Å²) in [5.74, 6) is 8.80. The first-order valence-electron chi connectivity index (χ1n) is 17.3. The third kappa shape index (κ3) is 8.53. The van der Waals surface area contributed by atoms with Crippen molar-refractivity contribution in [2.45, 2.75) is 83.0 Å². The molecular weight excluding hydrogens is 827 g/mol. The first-order chi connectivity index (χ1) is 22.7. The third-order valence-electron chi connectivity index (χ3n) is 9.27. The third-order valence-corrected chi connectivity index (χ3v) is 13.6. The summed E-state index contributed by atoms with van der Waals surface area (Å²) in [6.07, 6.45) is 14.9. The van der Waals surface area contributed by atoms with E-state index in [1.165, 1.54) is 48.8 Å². The monoisotopic (exact) mass is 876 g/mol. The molecule has 1 radical (unpaired) electrons. The molecule has 1 aliphatic carbocycles. The quantitative estimate of drug-likeness (QED) is 0.118. The van der Waals surface area contributed by atoms with Gasteiger partial charge >= 0.3 is 126 Å². The number of hydrogen-bond acceptors (Lipinski definition) is 4. The zero-order valence-electron chi connectivity index (χ0n) is 29.2. The number of aromatic nitrogens is 3. The molecule has 0 N–H and O–H groups in total. The maximum absolute atomic E-state index is 6.17. The van der Waals surface area contributed by atoms with Crippen LogP contribution in [0, 0.1) is 30.9 Å². The minimum absolute atomic E-state index is 0. The van der Waals surface area contributed by atoms with Crippen LogP contribution >= 0.6 is 0 Å². The van der Waals surface area contributed by atoms with E-state index in [4.69, 9.17) is 9.40 Å². The van der Waals surface area contributed by atoms with Gasteiger partial charge in [-0.15, -0.1) is 5.56 Å². The standard InChI is InChI=1S/C24H23N2O.C18H24GeN.Ir/c1-16-6-5-9-21-22(16)23-24(27-21)19(11-13-26-23)20-15-18(10-12-25-20)14-17-7-3-2-4-8-17;1-14(2)11-16-12-18(15-9-7-6-8-10-15)20-13-17(16)19(3,4)5;/h5-6,9-10,12-13,15,17H,2-4,7-8,14H2,1H3;6-9,12-14H,11H2,1-5H3;/q2*-1;. The smallest absolute Gasteiger partial charge is 0.119 e. The van der Waals surface area contributed by atoms with Crippen LogP contribution < -0.4 is 4.40 Å². The van der Waals surface area contributed by atoms with E-state index in [2.05, 4.69) is 96.7 Å². The Bertz CT molecular complexity index is 1960. The molecule has 0 atom stereocenters. The number of furan rings is 1. The van der Waals surface area contributed by atoms with Crippen LogP contribution in [0.5, 0.6) is 0 Å². The Morgan fingerprint density at radius 3 is 2.44 bits per heavy atom. The fourth-order valence-electron chi connectivity index (χ4n) is 6.95. The Balaban J connectivity index is 0.000000193. The van der Waals surface area contributed by atoms with E-state index in [1.54, 1.807) is 10.6 Å². The minimum Gasteiger partial charge on any atom is -0.513 e. The summed E-state index contributed by atoms with van der Waals surface area (Å²) in [5.41, 5.74) is 10.6. The summed E-state index contributed by atoms with van der Waals surface area (Å²) in [7, 11) is 0. The predicted molar refractivity (Wildman–Crippen MR) is 199 cm³/mol. The number of pyridine rings is 3. The molecule has 1 fully saturated rings. The van der Waals surface area contributed by atoms with Gasteiger partial charge in [0.25, 0.3) is 0 Å². The van der Waals surface area contributed by atoms with Crippen molar-refractivity contribution in [2.24, 2.45) is 11.8 Å². The molecule has 0 bridgehead atoms. The molecule has 0 saturated heterocycles. The van der Waals surface area contributed by atoms with E-state index in [-0.39, 0.29) is 20.1 Å². The normalized spacial score (nSPS) is 13.7. The molecule has 0 spiro atoms. The molecular formula is C42H47GeIrN3O-2. The maximum Gasteiger partial charge on any atom is 0.119 e. The molecule has 251 valence electrons. The summed E-state index contributed by atoms with van der Waals surface area (Å²) < 4.78 is 7.72. The molecule has 4 nitrogen and oxygen atoms in total. The first kappa shape index (κ1) is 36.2. The number of rotatable bonds is 7. The summed E-state index contributed by atoms with van der Waals surface area (Å²) in [6.45, 7) is 6.67. The van der Waals surface area contributed by atoms with E-state index >= 15 is 0 Å². The Morgan fingerprint density at radius 2 is 1.71 bits per heavy atom. The van der Waals surface area contributed by atoms with Crippen molar-refractivity contribution in [3.05, 3.63) is 108 Å². The van der Waals surface area contributed by atoms with Crippen LogP contribution in [0.1, 0.15) is 62.6 Å². The maximum atomic E-state index is 6.17. The van der Waals surface area contributed by atoms with Gasteiger partial charge in [0.05, 0.1) is 11.1 Å². The van der Waals surface area contributed by atoms with Gasteiger partial charge in [0.2, 0.25) is 0 Å². The molecule has 2 aromatic carbocycles. The second kappa shape index (κ2) is 16.1. The molecule has 1 aliphatic rings. The zero-order valence-corrected chi connectivity index (χ0v) is 33.7. The Morgan fingerprint density at radius 1 is 0.896 bits per heavy atom. The van der Waals surface area contributed by atoms with Crippen molar-refractivity contribution < 1.29 is 24.5 Å². The molecule has 48 heavy (non-hydrogen) atoms. The van der Waals surface area contributed by atoms with Crippen molar-refractivity contribution >= 4 is 39.7 Å². The number of nitrogens with zero attached hydrogens (tertiary/aromatic N) is 3. The van der Waals surface area contributed by atoms with Gasteiger partial charge in [0.1, 0.15) is 5.58 Å². The largest absolute Gasteiger partial charge is 0.513 e. The summed E-state index contributed by atoms with van der Waals surface area (Å²) in [5, 5.41) is 1.08. The van der Waals surface area contributed by atoms with E-state index < -0.39 is 13.3 Å². The van der Waals surface area contributed by atoms with Crippen molar-refractivity contribution in [1.29, 1.82) is 0 Å². The molecule has 1 saturated carbocycles. The van der Waals surface area contributed by atoms with Gasteiger partial charge in [-0.3, -0.25) is 4.98 Å². The second-order valence-corrected chi connectivity index (χ2v) is 25.2. The fourth-order valence-corrected chi connectivity index (χ4v) is 10.3. The summed E-state index contributed by atoms with van der Waals surface area (Å²) >= 11 is -1.86. The molecule has 7 rings (SSSR count). The first-order valence-corrected chi connectivity index (χ1v) is 24.6. The van der Waals surface area contributed by atoms with E-state index in [9.17, 15) is 0 Å². The van der Waals surface area contributed by atoms with Crippen molar-refractivity contribution in [2.75, 3.05) is 0 Å². The molecule has 0 aliphatic heterocycles. The van der Waals surface area contributed by atoms with Gasteiger partial charge < -0.3 is 9.40 Å². The van der Waals surface area contributed by atoms with Gasteiger partial charge in [0.15, 0.2) is 0 Å². The number of benzene rings is 2. The average molecular weight is 875 g/mol. The van der Waals surface area contributed by atoms with Crippen molar-refractivity contribution in [3.8, 4) is 22.5 Å². The van der Waals surface area contributed by atoms with Gasteiger partial charge in [-0.2, -0.15) is 6.07 Å². The Labute approximate surface area is 302 Å². The van der Waals surface area contributed by atoms with Crippen LogP contribution in [0.4, 0.5) is 0 Å². The Kier molecular flexibility index (Phi) is 12.1. The average Bonchev–Trinajstić information content (AvgIpc) is 3.45. The molecule has 4 aromatic heterocycles. The van der Waals surface area contributed by atoms with Crippen molar-refractivity contribution in [3.63, 3.8) is 0 Å². The molecule has 0 unspecified atom stereocenters. The summed E-state index contributed by atoms with van der Waals surface area (Å²) in [6, 6.07) is 27.4. The van der Waals surface area contributed by atoms with Gasteiger partial charge in [-0.1, -0.05) is 55.9 Å². The number of fused-ring (bicyclic) bond motifs is 3. The van der Waals surface area contributed by atoms with E-state index in [1.807, 2.05) is 36.5 Å².